The summed E-state index contributed by atoms with van der Waals surface area (Å²) in [4.78, 5) is 19.4. The van der Waals surface area contributed by atoms with Crippen LogP contribution >= 0.6 is 0 Å². The van der Waals surface area contributed by atoms with Crippen molar-refractivity contribution in [2.75, 3.05) is 27.2 Å². The molecule has 1 fully saturated rings. The van der Waals surface area contributed by atoms with Gasteiger partial charge in [0.25, 0.3) is 0 Å². The molecule has 3 aromatic rings. The second-order valence-corrected chi connectivity index (χ2v) is 10.7. The summed E-state index contributed by atoms with van der Waals surface area (Å²) in [6, 6.07) is 12.8. The van der Waals surface area contributed by atoms with Crippen LogP contribution in [-0.2, 0) is 34.8 Å². The van der Waals surface area contributed by atoms with Gasteiger partial charge in [0.15, 0.2) is 0 Å². The van der Waals surface area contributed by atoms with Crippen LogP contribution in [0.2, 0.25) is 0 Å². The van der Waals surface area contributed by atoms with Crippen LogP contribution in [0.5, 0.6) is 5.75 Å². The summed E-state index contributed by atoms with van der Waals surface area (Å²) < 4.78 is 34.8. The normalized spacial score (nSPS) is 14.9. The summed E-state index contributed by atoms with van der Waals surface area (Å²) in [5.74, 6) is 1.54. The fraction of sp³-hybridized carbons (Fsp3) is 0.440. The predicted octanol–water partition coefficient (Wildman–Crippen LogP) is 3.35. The van der Waals surface area contributed by atoms with Gasteiger partial charge in [-0.15, -0.1) is 0 Å². The second kappa shape index (κ2) is 10.1. The zero-order valence-corrected chi connectivity index (χ0v) is 20.8. The van der Waals surface area contributed by atoms with Gasteiger partial charge < -0.3 is 14.2 Å². The number of benzene rings is 2. The zero-order chi connectivity index (χ0) is 24.3. The molecule has 9 heteroatoms. The van der Waals surface area contributed by atoms with E-state index in [4.69, 9.17) is 4.74 Å². The number of aryl methyl sites for hydroxylation is 2. The first-order chi connectivity index (χ1) is 16.3. The average molecular weight is 485 g/mol. The van der Waals surface area contributed by atoms with Crippen molar-refractivity contribution in [2.24, 2.45) is 7.05 Å². The third kappa shape index (κ3) is 5.10. The average Bonchev–Trinajstić information content (AvgIpc) is 3.17. The Morgan fingerprint density at radius 2 is 1.88 bits per heavy atom. The van der Waals surface area contributed by atoms with Crippen LogP contribution in [-0.4, -0.2) is 60.3 Å². The Kier molecular flexibility index (Phi) is 7.23. The van der Waals surface area contributed by atoms with E-state index in [0.717, 1.165) is 41.9 Å². The first-order valence-electron chi connectivity index (χ1n) is 11.6. The van der Waals surface area contributed by atoms with Gasteiger partial charge in [-0.2, -0.15) is 4.31 Å². The van der Waals surface area contributed by atoms with Crippen LogP contribution < -0.4 is 4.74 Å². The number of ether oxygens (including phenoxy) is 1. The molecule has 1 aliphatic heterocycles. The molecule has 0 aliphatic carbocycles. The van der Waals surface area contributed by atoms with Crippen molar-refractivity contribution >= 4 is 27.0 Å². The van der Waals surface area contributed by atoms with Crippen LogP contribution in [0, 0.1) is 0 Å². The molecule has 1 saturated heterocycles. The van der Waals surface area contributed by atoms with Crippen molar-refractivity contribution in [2.45, 2.75) is 43.5 Å². The summed E-state index contributed by atoms with van der Waals surface area (Å²) in [5.41, 5.74) is 2.48. The highest BCUT2D eigenvalue weighted by Gasteiger charge is 2.26. The summed E-state index contributed by atoms with van der Waals surface area (Å²) in [6.07, 6.45) is 3.66. The van der Waals surface area contributed by atoms with E-state index in [-0.39, 0.29) is 10.8 Å². The second-order valence-electron chi connectivity index (χ2n) is 8.80. The standard InChI is InChI=1S/C25H32N4O4S/c1-27(18-19-8-7-9-20(16-19)33-3)25(30)13-12-24-26-22-17-21(10-11-23(22)28(24)2)34(31,32)29-14-5-4-6-15-29/h7-11,16-17H,4-6,12-15,18H2,1-3H3. The van der Waals surface area contributed by atoms with E-state index in [1.807, 2.05) is 35.9 Å². The van der Waals surface area contributed by atoms with E-state index in [1.165, 1.54) is 0 Å². The number of piperidine rings is 1. The largest absolute Gasteiger partial charge is 0.497 e. The first-order valence-corrected chi connectivity index (χ1v) is 13.1. The number of imidazole rings is 1. The molecular formula is C25H32N4O4S. The summed E-state index contributed by atoms with van der Waals surface area (Å²) in [7, 11) is 1.79. The highest BCUT2D eigenvalue weighted by atomic mass is 32.2. The maximum absolute atomic E-state index is 13.0. The van der Waals surface area contributed by atoms with Crippen molar-refractivity contribution in [3.05, 3.63) is 53.9 Å². The van der Waals surface area contributed by atoms with Gasteiger partial charge in [-0.3, -0.25) is 4.79 Å². The number of aromatic nitrogens is 2. The molecule has 0 atom stereocenters. The monoisotopic (exact) mass is 484 g/mol. The Balaban J connectivity index is 1.44. The van der Waals surface area contributed by atoms with Gasteiger partial charge in [-0.05, 0) is 48.7 Å². The SMILES string of the molecule is COc1cccc(CN(C)C(=O)CCc2nc3cc(S(=O)(=O)N4CCCCC4)ccc3n2C)c1. The summed E-state index contributed by atoms with van der Waals surface area (Å²) >= 11 is 0. The van der Waals surface area contributed by atoms with Gasteiger partial charge >= 0.3 is 0 Å². The lowest BCUT2D eigenvalue weighted by Gasteiger charge is -2.25. The smallest absolute Gasteiger partial charge is 0.243 e. The quantitative estimate of drug-likeness (QED) is 0.490. The molecule has 0 spiro atoms. The number of nitrogens with zero attached hydrogens (tertiary/aromatic N) is 4. The van der Waals surface area contributed by atoms with E-state index in [2.05, 4.69) is 4.98 Å². The van der Waals surface area contributed by atoms with Crippen LogP contribution in [0.1, 0.15) is 37.1 Å². The van der Waals surface area contributed by atoms with Crippen LogP contribution in [0.25, 0.3) is 11.0 Å². The van der Waals surface area contributed by atoms with Crippen LogP contribution in [0.3, 0.4) is 0 Å². The number of hydrogen-bond donors (Lipinski definition) is 0. The van der Waals surface area contributed by atoms with Gasteiger partial charge in [0.1, 0.15) is 11.6 Å². The number of methoxy groups -OCH3 is 1. The molecule has 4 rings (SSSR count). The molecule has 2 heterocycles. The topological polar surface area (TPSA) is 84.7 Å². The molecule has 0 radical (unpaired) electrons. The Morgan fingerprint density at radius 3 is 2.62 bits per heavy atom. The zero-order valence-electron chi connectivity index (χ0n) is 20.0. The third-order valence-corrected chi connectivity index (χ3v) is 8.33. The first kappa shape index (κ1) is 24.2. The van der Waals surface area contributed by atoms with E-state index >= 15 is 0 Å². The number of rotatable bonds is 8. The lowest BCUT2D eigenvalue weighted by Crippen LogP contribution is -2.35. The molecule has 0 N–H and O–H groups in total. The van der Waals surface area contributed by atoms with Gasteiger partial charge in [0.2, 0.25) is 15.9 Å². The molecule has 0 unspecified atom stereocenters. The highest BCUT2D eigenvalue weighted by molar-refractivity contribution is 7.89. The summed E-state index contributed by atoms with van der Waals surface area (Å²) in [6.45, 7) is 1.63. The third-order valence-electron chi connectivity index (χ3n) is 6.44. The molecule has 1 aliphatic rings. The minimum Gasteiger partial charge on any atom is -0.497 e. The number of fused-ring (bicyclic) bond motifs is 1. The Labute approximate surface area is 201 Å². The summed E-state index contributed by atoms with van der Waals surface area (Å²) in [5, 5.41) is 0. The fourth-order valence-corrected chi connectivity index (χ4v) is 5.95. The van der Waals surface area contributed by atoms with Crippen LogP contribution in [0.15, 0.2) is 47.4 Å². The molecule has 0 saturated carbocycles. The minimum atomic E-state index is -3.51. The van der Waals surface area contributed by atoms with Crippen LogP contribution in [0.4, 0.5) is 0 Å². The van der Waals surface area contributed by atoms with Crippen molar-refractivity contribution in [1.82, 2.24) is 18.8 Å². The number of amides is 1. The molecule has 34 heavy (non-hydrogen) atoms. The van der Waals surface area contributed by atoms with Gasteiger partial charge in [0, 0.05) is 46.6 Å². The molecule has 2 aromatic carbocycles. The van der Waals surface area contributed by atoms with E-state index in [0.29, 0.717) is 38.0 Å². The molecule has 182 valence electrons. The molecule has 1 amide bonds. The number of carbonyl (C=O) groups excluding carboxylic acids is 1. The molecule has 1 aromatic heterocycles. The fourth-order valence-electron chi connectivity index (χ4n) is 4.41. The lowest BCUT2D eigenvalue weighted by atomic mass is 10.2. The Morgan fingerprint density at radius 1 is 1.12 bits per heavy atom. The predicted molar refractivity (Wildman–Crippen MR) is 131 cm³/mol. The Hall–Kier alpha value is -2.91. The lowest BCUT2D eigenvalue weighted by molar-refractivity contribution is -0.130. The van der Waals surface area contributed by atoms with Crippen molar-refractivity contribution in [1.29, 1.82) is 0 Å². The molecule has 0 bridgehead atoms. The van der Waals surface area contributed by atoms with Gasteiger partial charge in [0.05, 0.1) is 23.0 Å². The van der Waals surface area contributed by atoms with Crippen molar-refractivity contribution < 1.29 is 17.9 Å². The van der Waals surface area contributed by atoms with Gasteiger partial charge in [-0.25, -0.2) is 13.4 Å². The maximum atomic E-state index is 13.0. The number of sulfonamides is 1. The van der Waals surface area contributed by atoms with Crippen molar-refractivity contribution in [3.63, 3.8) is 0 Å². The Bertz CT molecular complexity index is 1280. The van der Waals surface area contributed by atoms with Gasteiger partial charge in [-0.1, -0.05) is 18.6 Å². The highest BCUT2D eigenvalue weighted by Crippen LogP contribution is 2.25. The minimum absolute atomic E-state index is 0.0169. The maximum Gasteiger partial charge on any atom is 0.243 e. The molecule has 8 nitrogen and oxygen atoms in total. The van der Waals surface area contributed by atoms with E-state index in [1.54, 1.807) is 41.6 Å². The number of carbonyl (C=O) groups is 1. The molecular weight excluding hydrogens is 452 g/mol. The van der Waals surface area contributed by atoms with E-state index < -0.39 is 10.0 Å². The van der Waals surface area contributed by atoms with E-state index in [9.17, 15) is 13.2 Å². The van der Waals surface area contributed by atoms with Crippen molar-refractivity contribution in [3.8, 4) is 5.75 Å². The number of hydrogen-bond acceptors (Lipinski definition) is 5.